The normalized spacial score (nSPS) is 18.5. The lowest BCUT2D eigenvalue weighted by Gasteiger charge is -2.11. The molecule has 1 fully saturated rings. The Hall–Kier alpha value is -2.68. The van der Waals surface area contributed by atoms with Crippen molar-refractivity contribution in [3.63, 3.8) is 0 Å². The van der Waals surface area contributed by atoms with Gasteiger partial charge in [0, 0.05) is 36.3 Å². The summed E-state index contributed by atoms with van der Waals surface area (Å²) in [5.41, 5.74) is 7.21. The van der Waals surface area contributed by atoms with E-state index in [1.807, 2.05) is 6.07 Å². The Morgan fingerprint density at radius 1 is 1.31 bits per heavy atom. The van der Waals surface area contributed by atoms with E-state index in [9.17, 15) is 18.0 Å². The summed E-state index contributed by atoms with van der Waals surface area (Å²) in [6.45, 7) is 0.395. The molecule has 1 atom stereocenters. The standard InChI is InChI=1S/C17H20N4O4S/c18-16(22)4-6-21-10-14(9-19-21)12-2-1-3-13(8-12)17(23)20-15-5-7-26(24,25)11-15/h1-3,8-10,15H,4-7,11H2,(H2,18,22)(H,20,23). The van der Waals surface area contributed by atoms with Gasteiger partial charge in [0.25, 0.3) is 5.91 Å². The number of aromatic nitrogens is 2. The van der Waals surface area contributed by atoms with Gasteiger partial charge in [-0.15, -0.1) is 0 Å². The van der Waals surface area contributed by atoms with Crippen molar-refractivity contribution in [2.45, 2.75) is 25.4 Å². The van der Waals surface area contributed by atoms with Gasteiger partial charge in [-0.2, -0.15) is 5.10 Å². The van der Waals surface area contributed by atoms with Crippen LogP contribution in [0, 0.1) is 0 Å². The van der Waals surface area contributed by atoms with Crippen LogP contribution < -0.4 is 11.1 Å². The van der Waals surface area contributed by atoms with Gasteiger partial charge in [-0.3, -0.25) is 14.3 Å². The summed E-state index contributed by atoms with van der Waals surface area (Å²) in [4.78, 5) is 23.3. The Bertz CT molecular complexity index is 936. The van der Waals surface area contributed by atoms with Crippen molar-refractivity contribution in [3.8, 4) is 11.1 Å². The third-order valence-corrected chi connectivity index (χ3v) is 6.01. The van der Waals surface area contributed by atoms with E-state index in [1.54, 1.807) is 35.3 Å². The van der Waals surface area contributed by atoms with Gasteiger partial charge in [0.1, 0.15) is 0 Å². The molecule has 3 N–H and O–H groups in total. The van der Waals surface area contributed by atoms with Crippen LogP contribution in [0.1, 0.15) is 23.2 Å². The van der Waals surface area contributed by atoms with Gasteiger partial charge in [0.05, 0.1) is 17.7 Å². The lowest BCUT2D eigenvalue weighted by Crippen LogP contribution is -2.35. The Balaban J connectivity index is 1.70. The van der Waals surface area contributed by atoms with Crippen molar-refractivity contribution in [2.75, 3.05) is 11.5 Å². The first-order valence-corrected chi connectivity index (χ1v) is 10.1. The van der Waals surface area contributed by atoms with Gasteiger partial charge < -0.3 is 11.1 Å². The van der Waals surface area contributed by atoms with Crippen LogP contribution in [-0.2, 0) is 21.2 Å². The summed E-state index contributed by atoms with van der Waals surface area (Å²) in [5.74, 6) is -0.585. The first-order chi connectivity index (χ1) is 12.3. The molecule has 26 heavy (non-hydrogen) atoms. The number of carbonyl (C=O) groups excluding carboxylic acids is 2. The number of carbonyl (C=O) groups is 2. The molecule has 138 valence electrons. The monoisotopic (exact) mass is 376 g/mol. The second-order valence-corrected chi connectivity index (χ2v) is 8.59. The van der Waals surface area contributed by atoms with Gasteiger partial charge in [0.2, 0.25) is 5.91 Å². The number of primary amides is 1. The second-order valence-electron chi connectivity index (χ2n) is 6.36. The highest BCUT2D eigenvalue weighted by Crippen LogP contribution is 2.20. The molecule has 1 aliphatic heterocycles. The van der Waals surface area contributed by atoms with Crippen molar-refractivity contribution in [1.29, 1.82) is 0 Å². The number of rotatable bonds is 6. The molecule has 3 rings (SSSR count). The second kappa shape index (κ2) is 7.28. The Kier molecular flexibility index (Phi) is 5.08. The maximum absolute atomic E-state index is 12.4. The summed E-state index contributed by atoms with van der Waals surface area (Å²) in [6.07, 6.45) is 4.08. The van der Waals surface area contributed by atoms with Crippen molar-refractivity contribution in [3.05, 3.63) is 42.2 Å². The number of hydrogen-bond acceptors (Lipinski definition) is 5. The summed E-state index contributed by atoms with van der Waals surface area (Å²) < 4.78 is 24.6. The first kappa shape index (κ1) is 18.1. The fraction of sp³-hybridized carbons (Fsp3) is 0.353. The topological polar surface area (TPSA) is 124 Å². The number of nitrogens with one attached hydrogen (secondary N) is 1. The van der Waals surface area contributed by atoms with E-state index in [0.29, 0.717) is 18.5 Å². The van der Waals surface area contributed by atoms with Crippen LogP contribution in [0.25, 0.3) is 11.1 Å². The highest BCUT2D eigenvalue weighted by Gasteiger charge is 2.29. The molecule has 0 bridgehead atoms. The molecule has 2 amide bonds. The molecule has 1 saturated heterocycles. The zero-order valence-electron chi connectivity index (χ0n) is 14.1. The van der Waals surface area contributed by atoms with Crippen LogP contribution >= 0.6 is 0 Å². The molecule has 2 heterocycles. The molecule has 0 saturated carbocycles. The molecular weight excluding hydrogens is 356 g/mol. The number of aryl methyl sites for hydroxylation is 1. The van der Waals surface area contributed by atoms with E-state index < -0.39 is 15.7 Å². The maximum Gasteiger partial charge on any atom is 0.251 e. The van der Waals surface area contributed by atoms with Gasteiger partial charge >= 0.3 is 0 Å². The molecule has 0 aliphatic carbocycles. The Morgan fingerprint density at radius 2 is 2.12 bits per heavy atom. The van der Waals surface area contributed by atoms with E-state index in [2.05, 4.69) is 10.4 Å². The minimum atomic E-state index is -3.04. The molecule has 0 radical (unpaired) electrons. The highest BCUT2D eigenvalue weighted by molar-refractivity contribution is 7.91. The Morgan fingerprint density at radius 3 is 2.81 bits per heavy atom. The molecule has 1 aromatic carbocycles. The van der Waals surface area contributed by atoms with E-state index in [0.717, 1.165) is 11.1 Å². The summed E-state index contributed by atoms with van der Waals surface area (Å²) in [6, 6.07) is 6.68. The van der Waals surface area contributed by atoms with Crippen LogP contribution in [0.15, 0.2) is 36.7 Å². The van der Waals surface area contributed by atoms with Crippen molar-refractivity contribution < 1.29 is 18.0 Å². The number of benzene rings is 1. The highest BCUT2D eigenvalue weighted by atomic mass is 32.2. The lowest BCUT2D eigenvalue weighted by atomic mass is 10.1. The average Bonchev–Trinajstić information content (AvgIpc) is 3.19. The lowest BCUT2D eigenvalue weighted by molar-refractivity contribution is -0.118. The van der Waals surface area contributed by atoms with Crippen LogP contribution in [0.3, 0.4) is 0 Å². The quantitative estimate of drug-likeness (QED) is 0.752. The van der Waals surface area contributed by atoms with Gasteiger partial charge in [-0.25, -0.2) is 8.42 Å². The fourth-order valence-electron chi connectivity index (χ4n) is 2.88. The van der Waals surface area contributed by atoms with E-state index in [4.69, 9.17) is 5.73 Å². The number of nitrogens with two attached hydrogens (primary N) is 1. The molecule has 1 aliphatic rings. The Labute approximate surface area is 151 Å². The van der Waals surface area contributed by atoms with Crippen molar-refractivity contribution in [2.24, 2.45) is 5.73 Å². The minimum absolute atomic E-state index is 0.00886. The largest absolute Gasteiger partial charge is 0.370 e. The van der Waals surface area contributed by atoms with Gasteiger partial charge in [0.15, 0.2) is 9.84 Å². The maximum atomic E-state index is 12.4. The SMILES string of the molecule is NC(=O)CCn1cc(-c2cccc(C(=O)NC3CCS(=O)(=O)C3)c2)cn1. The molecule has 1 aromatic heterocycles. The van der Waals surface area contributed by atoms with Gasteiger partial charge in [-0.1, -0.05) is 12.1 Å². The number of nitrogens with zero attached hydrogens (tertiary/aromatic N) is 2. The fourth-order valence-corrected chi connectivity index (χ4v) is 4.55. The number of amides is 2. The van der Waals surface area contributed by atoms with E-state index >= 15 is 0 Å². The molecule has 9 heteroatoms. The van der Waals surface area contributed by atoms with Crippen LogP contribution in [0.4, 0.5) is 0 Å². The zero-order valence-corrected chi connectivity index (χ0v) is 14.9. The predicted molar refractivity (Wildman–Crippen MR) is 96.0 cm³/mol. The van der Waals surface area contributed by atoms with Crippen molar-refractivity contribution >= 4 is 21.7 Å². The van der Waals surface area contributed by atoms with E-state index in [-0.39, 0.29) is 29.9 Å². The minimum Gasteiger partial charge on any atom is -0.370 e. The van der Waals surface area contributed by atoms with Crippen LogP contribution in [-0.4, -0.2) is 47.6 Å². The smallest absolute Gasteiger partial charge is 0.251 e. The molecule has 1 unspecified atom stereocenters. The number of sulfone groups is 1. The predicted octanol–water partition coefficient (Wildman–Crippen LogP) is 0.342. The van der Waals surface area contributed by atoms with E-state index in [1.165, 1.54) is 0 Å². The molecule has 0 spiro atoms. The average molecular weight is 376 g/mol. The zero-order chi connectivity index (χ0) is 18.7. The summed E-state index contributed by atoms with van der Waals surface area (Å²) in [5, 5.41) is 6.96. The third-order valence-electron chi connectivity index (χ3n) is 4.25. The van der Waals surface area contributed by atoms with Crippen LogP contribution in [0.5, 0.6) is 0 Å². The molecule has 2 aromatic rings. The summed E-state index contributed by atoms with van der Waals surface area (Å²) in [7, 11) is -3.04. The third kappa shape index (κ3) is 4.48. The van der Waals surface area contributed by atoms with Crippen LogP contribution in [0.2, 0.25) is 0 Å². The van der Waals surface area contributed by atoms with Crippen molar-refractivity contribution in [1.82, 2.24) is 15.1 Å². The molecule has 8 nitrogen and oxygen atoms in total. The number of hydrogen-bond donors (Lipinski definition) is 2. The first-order valence-electron chi connectivity index (χ1n) is 8.25. The van der Waals surface area contributed by atoms with Gasteiger partial charge in [-0.05, 0) is 24.1 Å². The molecular formula is C17H20N4O4S. The summed E-state index contributed by atoms with van der Waals surface area (Å²) >= 11 is 0.